The lowest BCUT2D eigenvalue weighted by Crippen LogP contribution is -2.19. The first kappa shape index (κ1) is 20.8. The van der Waals surface area contributed by atoms with Gasteiger partial charge in [-0.2, -0.15) is 0 Å². The topological polar surface area (TPSA) is 52.6 Å². The van der Waals surface area contributed by atoms with Crippen molar-refractivity contribution in [2.75, 3.05) is 0 Å². The second-order valence-corrected chi connectivity index (χ2v) is 6.35. The molecule has 0 aliphatic carbocycles. The molecule has 134 valence electrons. The Labute approximate surface area is 153 Å². The highest BCUT2D eigenvalue weighted by molar-refractivity contribution is 6.43. The van der Waals surface area contributed by atoms with Gasteiger partial charge in [0.15, 0.2) is 5.75 Å². The van der Waals surface area contributed by atoms with E-state index in [0.29, 0.717) is 5.02 Å². The summed E-state index contributed by atoms with van der Waals surface area (Å²) < 4.78 is 10.6. The molecule has 0 fully saturated rings. The van der Waals surface area contributed by atoms with Crippen LogP contribution in [0.2, 0.25) is 10.0 Å². The second-order valence-electron chi connectivity index (χ2n) is 5.57. The first-order valence-corrected chi connectivity index (χ1v) is 9.07. The van der Waals surface area contributed by atoms with Gasteiger partial charge in [0.05, 0.1) is 17.9 Å². The van der Waals surface area contributed by atoms with E-state index >= 15 is 0 Å². The average Bonchev–Trinajstić information content (AvgIpc) is 2.55. The standard InChI is InChI=1S/C18H24Cl2O4/c1-3-5-8-13(7-4-2)23-16(21)11-12-17(22)24-15-10-6-9-14(19)18(15)20/h6,9-10,13H,3-5,7-8,11-12H2,1-2H3. The van der Waals surface area contributed by atoms with Crippen LogP contribution in [-0.2, 0) is 14.3 Å². The molecule has 1 aromatic rings. The van der Waals surface area contributed by atoms with Gasteiger partial charge in [-0.25, -0.2) is 0 Å². The minimum atomic E-state index is -0.545. The number of benzene rings is 1. The fourth-order valence-electron chi connectivity index (χ4n) is 2.20. The van der Waals surface area contributed by atoms with Gasteiger partial charge in [-0.1, -0.05) is 62.4 Å². The maximum atomic E-state index is 11.9. The summed E-state index contributed by atoms with van der Waals surface area (Å²) >= 11 is 11.8. The lowest BCUT2D eigenvalue weighted by atomic mass is 10.1. The molecular weight excluding hydrogens is 351 g/mol. The molecule has 0 radical (unpaired) electrons. The lowest BCUT2D eigenvalue weighted by Gasteiger charge is -2.16. The molecule has 0 N–H and O–H groups in total. The molecule has 1 atom stereocenters. The number of carbonyl (C=O) groups is 2. The van der Waals surface area contributed by atoms with Gasteiger partial charge in [0.25, 0.3) is 0 Å². The van der Waals surface area contributed by atoms with Crippen LogP contribution >= 0.6 is 23.2 Å². The highest BCUT2D eigenvalue weighted by atomic mass is 35.5. The Morgan fingerprint density at radius 1 is 1.04 bits per heavy atom. The average molecular weight is 375 g/mol. The van der Waals surface area contributed by atoms with Crippen LogP contribution in [0.15, 0.2) is 18.2 Å². The molecule has 0 heterocycles. The molecule has 0 saturated carbocycles. The minimum absolute atomic E-state index is 0.0106. The van der Waals surface area contributed by atoms with E-state index in [-0.39, 0.29) is 35.7 Å². The molecule has 0 amide bonds. The van der Waals surface area contributed by atoms with Gasteiger partial charge < -0.3 is 9.47 Å². The predicted octanol–water partition coefficient (Wildman–Crippen LogP) is 5.58. The van der Waals surface area contributed by atoms with Crippen molar-refractivity contribution in [2.45, 2.75) is 64.9 Å². The highest BCUT2D eigenvalue weighted by Gasteiger charge is 2.16. The Balaban J connectivity index is 2.42. The smallest absolute Gasteiger partial charge is 0.311 e. The summed E-state index contributed by atoms with van der Waals surface area (Å²) in [5, 5.41) is 0.484. The zero-order chi connectivity index (χ0) is 17.9. The van der Waals surface area contributed by atoms with Gasteiger partial charge in [-0.3, -0.25) is 9.59 Å². The Bertz CT molecular complexity index is 546. The van der Waals surface area contributed by atoms with Gasteiger partial charge in [-0.05, 0) is 25.0 Å². The molecule has 0 aromatic heterocycles. The largest absolute Gasteiger partial charge is 0.462 e. The maximum absolute atomic E-state index is 11.9. The van der Waals surface area contributed by atoms with Crippen molar-refractivity contribution in [3.8, 4) is 5.75 Å². The maximum Gasteiger partial charge on any atom is 0.311 e. The molecule has 1 unspecified atom stereocenters. The molecule has 0 bridgehead atoms. The van der Waals surface area contributed by atoms with E-state index in [1.165, 1.54) is 0 Å². The zero-order valence-electron chi connectivity index (χ0n) is 14.1. The fraction of sp³-hybridized carbons (Fsp3) is 0.556. The van der Waals surface area contributed by atoms with E-state index in [1.807, 2.05) is 0 Å². The molecule has 0 saturated heterocycles. The van der Waals surface area contributed by atoms with Crippen LogP contribution in [-0.4, -0.2) is 18.0 Å². The summed E-state index contributed by atoms with van der Waals surface area (Å²) in [6, 6.07) is 4.78. The minimum Gasteiger partial charge on any atom is -0.462 e. The number of hydrogen-bond donors (Lipinski definition) is 0. The number of unbranched alkanes of at least 4 members (excludes halogenated alkanes) is 1. The van der Waals surface area contributed by atoms with Crippen molar-refractivity contribution in [1.29, 1.82) is 0 Å². The molecule has 24 heavy (non-hydrogen) atoms. The molecule has 0 aliphatic rings. The third-order valence-electron chi connectivity index (χ3n) is 3.46. The van der Waals surface area contributed by atoms with Crippen LogP contribution in [0.1, 0.15) is 58.8 Å². The van der Waals surface area contributed by atoms with Gasteiger partial charge in [-0.15, -0.1) is 0 Å². The molecule has 1 rings (SSSR count). The van der Waals surface area contributed by atoms with E-state index in [1.54, 1.807) is 18.2 Å². The normalized spacial score (nSPS) is 11.8. The Morgan fingerprint density at radius 3 is 2.42 bits per heavy atom. The van der Waals surface area contributed by atoms with E-state index in [2.05, 4.69) is 13.8 Å². The summed E-state index contributed by atoms with van der Waals surface area (Å²) in [5.41, 5.74) is 0. The summed E-state index contributed by atoms with van der Waals surface area (Å²) in [6.45, 7) is 4.15. The van der Waals surface area contributed by atoms with Crippen molar-refractivity contribution < 1.29 is 19.1 Å². The highest BCUT2D eigenvalue weighted by Crippen LogP contribution is 2.31. The van der Waals surface area contributed by atoms with Crippen molar-refractivity contribution in [3.05, 3.63) is 28.2 Å². The molecular formula is C18H24Cl2O4. The Hall–Kier alpha value is -1.26. The van der Waals surface area contributed by atoms with Crippen molar-refractivity contribution in [1.82, 2.24) is 0 Å². The number of hydrogen-bond acceptors (Lipinski definition) is 4. The summed E-state index contributed by atoms with van der Waals surface area (Å²) in [5.74, 6) is -0.732. The van der Waals surface area contributed by atoms with E-state index in [0.717, 1.165) is 32.1 Å². The summed E-state index contributed by atoms with van der Waals surface area (Å²) in [7, 11) is 0. The molecule has 1 aromatic carbocycles. The number of halogens is 2. The van der Waals surface area contributed by atoms with Crippen LogP contribution in [0, 0.1) is 0 Å². The molecule has 4 nitrogen and oxygen atoms in total. The fourth-order valence-corrected chi connectivity index (χ4v) is 2.53. The van der Waals surface area contributed by atoms with Crippen molar-refractivity contribution in [3.63, 3.8) is 0 Å². The first-order valence-electron chi connectivity index (χ1n) is 8.32. The quantitative estimate of drug-likeness (QED) is 0.396. The van der Waals surface area contributed by atoms with Gasteiger partial charge in [0.1, 0.15) is 11.1 Å². The van der Waals surface area contributed by atoms with Crippen molar-refractivity contribution in [2.24, 2.45) is 0 Å². The third kappa shape index (κ3) is 7.54. The van der Waals surface area contributed by atoms with Crippen LogP contribution in [0.4, 0.5) is 0 Å². The van der Waals surface area contributed by atoms with Gasteiger partial charge in [0.2, 0.25) is 0 Å². The van der Waals surface area contributed by atoms with E-state index in [4.69, 9.17) is 32.7 Å². The van der Waals surface area contributed by atoms with Crippen LogP contribution in [0.3, 0.4) is 0 Å². The monoisotopic (exact) mass is 374 g/mol. The van der Waals surface area contributed by atoms with Crippen molar-refractivity contribution >= 4 is 35.1 Å². The van der Waals surface area contributed by atoms with Gasteiger partial charge >= 0.3 is 11.9 Å². The zero-order valence-corrected chi connectivity index (χ0v) is 15.7. The second kappa shape index (κ2) is 11.3. The summed E-state index contributed by atoms with van der Waals surface area (Å²) in [4.78, 5) is 23.7. The first-order chi connectivity index (χ1) is 11.5. The lowest BCUT2D eigenvalue weighted by molar-refractivity contribution is -0.152. The number of carbonyl (C=O) groups excluding carboxylic acids is 2. The van der Waals surface area contributed by atoms with Crippen LogP contribution < -0.4 is 4.74 Å². The van der Waals surface area contributed by atoms with Crippen LogP contribution in [0.5, 0.6) is 5.75 Å². The molecule has 6 heteroatoms. The number of rotatable bonds is 10. The van der Waals surface area contributed by atoms with Crippen LogP contribution in [0.25, 0.3) is 0 Å². The molecule has 0 aliphatic heterocycles. The SMILES string of the molecule is CCCCC(CCC)OC(=O)CCC(=O)Oc1cccc(Cl)c1Cl. The number of ether oxygens (including phenoxy) is 2. The molecule has 0 spiro atoms. The Morgan fingerprint density at radius 2 is 1.75 bits per heavy atom. The predicted molar refractivity (Wildman–Crippen MR) is 95.6 cm³/mol. The van der Waals surface area contributed by atoms with E-state index in [9.17, 15) is 9.59 Å². The third-order valence-corrected chi connectivity index (χ3v) is 4.26. The van der Waals surface area contributed by atoms with E-state index < -0.39 is 5.97 Å². The number of esters is 2. The Kier molecular flexibility index (Phi) is 9.80. The summed E-state index contributed by atoms with van der Waals surface area (Å²) in [6.07, 6.45) is 4.60. The van der Waals surface area contributed by atoms with Gasteiger partial charge in [0, 0.05) is 0 Å².